The third-order valence-corrected chi connectivity index (χ3v) is 5.28. The van der Waals surface area contributed by atoms with Crippen molar-refractivity contribution >= 4 is 39.4 Å². The molecular formula is C18H21N7O2S. The molecule has 1 aromatic carbocycles. The van der Waals surface area contributed by atoms with Crippen LogP contribution in [0.2, 0.25) is 0 Å². The zero-order valence-corrected chi connectivity index (χ0v) is 16.6. The zero-order chi connectivity index (χ0) is 19.5. The first-order chi connectivity index (χ1) is 13.6. The maximum Gasteiger partial charge on any atom is 0.280 e. The van der Waals surface area contributed by atoms with E-state index in [4.69, 9.17) is 4.74 Å². The lowest BCUT2D eigenvalue weighted by atomic mass is 10.3. The van der Waals surface area contributed by atoms with Gasteiger partial charge in [0.25, 0.3) is 5.91 Å². The molecule has 9 nitrogen and oxygen atoms in total. The number of carbonyl (C=O) groups excluding carboxylic acids is 1. The number of hydrogen-bond donors (Lipinski definition) is 1. The van der Waals surface area contributed by atoms with Crippen LogP contribution in [0.5, 0.6) is 0 Å². The summed E-state index contributed by atoms with van der Waals surface area (Å²) in [5.41, 5.74) is 0.822. The SMILES string of the molecule is CN(C)c1nc(CNC(=O)c2nc3ccccc3s2)nc(N2CCOCC2)n1. The first-order valence-corrected chi connectivity index (χ1v) is 9.80. The highest BCUT2D eigenvalue weighted by molar-refractivity contribution is 7.20. The van der Waals surface area contributed by atoms with E-state index in [1.54, 1.807) is 0 Å². The minimum absolute atomic E-state index is 0.204. The van der Waals surface area contributed by atoms with Crippen LogP contribution in [-0.2, 0) is 11.3 Å². The Morgan fingerprint density at radius 1 is 1.18 bits per heavy atom. The second-order valence-electron chi connectivity index (χ2n) is 6.51. The lowest BCUT2D eigenvalue weighted by Gasteiger charge is -2.27. The molecule has 0 bridgehead atoms. The van der Waals surface area contributed by atoms with Crippen molar-refractivity contribution in [2.45, 2.75) is 6.54 Å². The van der Waals surface area contributed by atoms with Crippen LogP contribution in [0.15, 0.2) is 24.3 Å². The van der Waals surface area contributed by atoms with Crippen LogP contribution in [-0.4, -0.2) is 66.2 Å². The van der Waals surface area contributed by atoms with Gasteiger partial charge in [-0.3, -0.25) is 4.79 Å². The molecule has 3 aromatic rings. The normalized spacial score (nSPS) is 14.3. The Bertz CT molecular complexity index is 952. The molecule has 0 spiro atoms. The number of anilines is 2. The van der Waals surface area contributed by atoms with E-state index in [2.05, 4.69) is 30.2 Å². The Hall–Kier alpha value is -2.85. The molecule has 0 radical (unpaired) electrons. The molecule has 1 fully saturated rings. The van der Waals surface area contributed by atoms with Crippen LogP contribution in [0, 0.1) is 0 Å². The van der Waals surface area contributed by atoms with Gasteiger partial charge in [-0.1, -0.05) is 12.1 Å². The average molecular weight is 399 g/mol. The van der Waals surface area contributed by atoms with Gasteiger partial charge >= 0.3 is 0 Å². The quantitative estimate of drug-likeness (QED) is 0.686. The molecule has 1 N–H and O–H groups in total. The Morgan fingerprint density at radius 3 is 2.71 bits per heavy atom. The number of hydrogen-bond acceptors (Lipinski definition) is 9. The number of aromatic nitrogens is 4. The van der Waals surface area contributed by atoms with Crippen LogP contribution < -0.4 is 15.1 Å². The fourth-order valence-corrected chi connectivity index (χ4v) is 3.67. The maximum atomic E-state index is 12.5. The van der Waals surface area contributed by atoms with Crippen LogP contribution >= 0.6 is 11.3 Å². The molecular weight excluding hydrogens is 378 g/mol. The Labute approximate surface area is 166 Å². The minimum atomic E-state index is -0.235. The number of morpholine rings is 1. The highest BCUT2D eigenvalue weighted by Crippen LogP contribution is 2.21. The maximum absolute atomic E-state index is 12.5. The number of nitrogens with one attached hydrogen (secondary N) is 1. The van der Waals surface area contributed by atoms with E-state index in [0.717, 1.165) is 23.3 Å². The first-order valence-electron chi connectivity index (χ1n) is 8.99. The summed E-state index contributed by atoms with van der Waals surface area (Å²) >= 11 is 1.37. The van der Waals surface area contributed by atoms with Gasteiger partial charge in [0, 0.05) is 27.2 Å². The van der Waals surface area contributed by atoms with Gasteiger partial charge in [-0.05, 0) is 12.1 Å². The summed E-state index contributed by atoms with van der Waals surface area (Å²) in [4.78, 5) is 34.3. The van der Waals surface area contributed by atoms with E-state index in [1.165, 1.54) is 11.3 Å². The number of benzene rings is 1. The molecule has 10 heteroatoms. The fourth-order valence-electron chi connectivity index (χ4n) is 2.78. The number of rotatable bonds is 5. The summed E-state index contributed by atoms with van der Waals surface area (Å²) < 4.78 is 6.38. The average Bonchev–Trinajstić information content (AvgIpc) is 3.17. The van der Waals surface area contributed by atoms with Gasteiger partial charge in [-0.25, -0.2) is 4.98 Å². The summed E-state index contributed by atoms with van der Waals surface area (Å²) in [5, 5.41) is 3.29. The lowest BCUT2D eigenvalue weighted by Crippen LogP contribution is -2.38. The van der Waals surface area contributed by atoms with Gasteiger partial charge < -0.3 is 19.9 Å². The van der Waals surface area contributed by atoms with Gasteiger partial charge in [-0.2, -0.15) is 15.0 Å². The number of carbonyl (C=O) groups is 1. The van der Waals surface area contributed by atoms with Crippen LogP contribution in [0.25, 0.3) is 10.2 Å². The molecule has 3 heterocycles. The molecule has 0 unspecified atom stereocenters. The van der Waals surface area contributed by atoms with E-state index in [9.17, 15) is 4.79 Å². The standard InChI is InChI=1S/C18H21N7O2S/c1-24(2)17-21-14(22-18(23-17)25-7-9-27-10-8-25)11-19-15(26)16-20-12-5-3-4-6-13(12)28-16/h3-6H,7-11H2,1-2H3,(H,19,26). The summed E-state index contributed by atoms with van der Waals surface area (Å²) in [6.45, 7) is 2.96. The van der Waals surface area contributed by atoms with Gasteiger partial charge in [0.05, 0.1) is 30.0 Å². The van der Waals surface area contributed by atoms with Crippen LogP contribution in [0.1, 0.15) is 15.6 Å². The number of thiazole rings is 1. The largest absolute Gasteiger partial charge is 0.378 e. The van der Waals surface area contributed by atoms with Gasteiger partial charge in [0.2, 0.25) is 11.9 Å². The molecule has 28 heavy (non-hydrogen) atoms. The molecule has 0 aliphatic carbocycles. The Balaban J connectivity index is 1.51. The highest BCUT2D eigenvalue weighted by Gasteiger charge is 2.18. The predicted octanol–water partition coefficient (Wildman–Crippen LogP) is 1.31. The Morgan fingerprint density at radius 2 is 1.96 bits per heavy atom. The van der Waals surface area contributed by atoms with E-state index in [0.29, 0.717) is 35.9 Å². The molecule has 0 atom stereocenters. The summed E-state index contributed by atoms with van der Waals surface area (Å²) in [7, 11) is 3.75. The molecule has 1 saturated heterocycles. The molecule has 4 rings (SSSR count). The fraction of sp³-hybridized carbons (Fsp3) is 0.389. The molecule has 146 valence electrons. The Kier molecular flexibility index (Phi) is 5.31. The van der Waals surface area contributed by atoms with Crippen molar-refractivity contribution in [3.05, 3.63) is 35.1 Å². The van der Waals surface area contributed by atoms with Crippen LogP contribution in [0.4, 0.5) is 11.9 Å². The first kappa shape index (κ1) is 18.5. The predicted molar refractivity (Wildman–Crippen MR) is 108 cm³/mol. The smallest absolute Gasteiger partial charge is 0.280 e. The molecule has 1 aliphatic rings. The highest BCUT2D eigenvalue weighted by atomic mass is 32.1. The van der Waals surface area contributed by atoms with Gasteiger partial charge in [-0.15, -0.1) is 11.3 Å². The van der Waals surface area contributed by atoms with Crippen molar-refractivity contribution in [1.29, 1.82) is 0 Å². The number of nitrogens with zero attached hydrogens (tertiary/aromatic N) is 6. The van der Waals surface area contributed by atoms with E-state index >= 15 is 0 Å². The second kappa shape index (κ2) is 8.03. The number of fused-ring (bicyclic) bond motifs is 1. The van der Waals surface area contributed by atoms with Crippen LogP contribution in [0.3, 0.4) is 0 Å². The molecule has 1 aliphatic heterocycles. The van der Waals surface area contributed by atoms with Gasteiger partial charge in [0.15, 0.2) is 10.8 Å². The van der Waals surface area contributed by atoms with Crippen molar-refractivity contribution in [2.75, 3.05) is 50.2 Å². The zero-order valence-electron chi connectivity index (χ0n) is 15.8. The number of amides is 1. The van der Waals surface area contributed by atoms with Crippen molar-refractivity contribution in [3.63, 3.8) is 0 Å². The monoisotopic (exact) mass is 399 g/mol. The minimum Gasteiger partial charge on any atom is -0.378 e. The van der Waals surface area contributed by atoms with Crippen molar-refractivity contribution in [3.8, 4) is 0 Å². The molecule has 0 saturated carbocycles. The van der Waals surface area contributed by atoms with Crippen molar-refractivity contribution in [1.82, 2.24) is 25.3 Å². The molecule has 2 aromatic heterocycles. The van der Waals surface area contributed by atoms with E-state index in [-0.39, 0.29) is 12.5 Å². The summed E-state index contributed by atoms with van der Waals surface area (Å²) in [6.07, 6.45) is 0. The second-order valence-corrected chi connectivity index (χ2v) is 7.55. The van der Waals surface area contributed by atoms with Crippen molar-refractivity contribution in [2.24, 2.45) is 0 Å². The third kappa shape index (κ3) is 4.02. The number of ether oxygens (including phenoxy) is 1. The topological polar surface area (TPSA) is 96.4 Å². The van der Waals surface area contributed by atoms with E-state index < -0.39 is 0 Å². The molecule has 1 amide bonds. The lowest BCUT2D eigenvalue weighted by molar-refractivity contribution is 0.0949. The summed E-state index contributed by atoms with van der Waals surface area (Å²) in [5.74, 6) is 1.43. The third-order valence-electron chi connectivity index (χ3n) is 4.25. The summed E-state index contributed by atoms with van der Waals surface area (Å²) in [6, 6.07) is 7.69. The van der Waals surface area contributed by atoms with Gasteiger partial charge in [0.1, 0.15) is 0 Å². The van der Waals surface area contributed by atoms with E-state index in [1.807, 2.05) is 43.3 Å². The van der Waals surface area contributed by atoms with Crippen molar-refractivity contribution < 1.29 is 9.53 Å². The number of para-hydroxylation sites is 1.